The molecule has 21 heavy (non-hydrogen) atoms. The van der Waals surface area contributed by atoms with E-state index in [1.807, 2.05) is 6.07 Å². The molecule has 4 heteroatoms. The second-order valence-electron chi connectivity index (χ2n) is 6.46. The molecule has 1 aromatic rings. The monoisotopic (exact) mass is 291 g/mol. The zero-order chi connectivity index (χ0) is 14.8. The fourth-order valence-electron chi connectivity index (χ4n) is 3.88. The third-order valence-corrected chi connectivity index (χ3v) is 4.95. The minimum Gasteiger partial charge on any atom is -0.366 e. The van der Waals surface area contributed by atoms with Crippen LogP contribution in [-0.4, -0.2) is 43.2 Å². The van der Waals surface area contributed by atoms with Crippen LogP contribution in [0.5, 0.6) is 0 Å². The van der Waals surface area contributed by atoms with Crippen LogP contribution >= 0.6 is 0 Å². The standard InChI is InChI=1S/C17H26FN3/c1-13-11-20-9-3-2-4-16(20)12-21(13)17-6-5-15(18)10-14(17)7-8-19/h5-6,10,13,16H,2-4,7-9,11-12,19H2,1H3. The van der Waals surface area contributed by atoms with E-state index in [1.165, 1.54) is 31.5 Å². The Morgan fingerprint density at radius 1 is 1.29 bits per heavy atom. The Morgan fingerprint density at radius 3 is 2.95 bits per heavy atom. The van der Waals surface area contributed by atoms with Crippen LogP contribution in [0.1, 0.15) is 31.7 Å². The molecule has 0 radical (unpaired) electrons. The van der Waals surface area contributed by atoms with E-state index in [-0.39, 0.29) is 5.82 Å². The molecule has 0 amide bonds. The van der Waals surface area contributed by atoms with E-state index >= 15 is 0 Å². The third-order valence-electron chi connectivity index (χ3n) is 4.95. The van der Waals surface area contributed by atoms with Crippen molar-refractivity contribution in [2.24, 2.45) is 5.73 Å². The van der Waals surface area contributed by atoms with Crippen molar-refractivity contribution >= 4 is 5.69 Å². The van der Waals surface area contributed by atoms with Crippen molar-refractivity contribution < 1.29 is 4.39 Å². The number of fused-ring (bicyclic) bond motifs is 1. The van der Waals surface area contributed by atoms with E-state index in [9.17, 15) is 4.39 Å². The number of nitrogens with two attached hydrogens (primary N) is 1. The van der Waals surface area contributed by atoms with E-state index in [1.54, 1.807) is 12.1 Å². The Hall–Kier alpha value is -1.13. The van der Waals surface area contributed by atoms with E-state index in [2.05, 4.69) is 16.7 Å². The molecule has 2 aliphatic rings. The summed E-state index contributed by atoms with van der Waals surface area (Å²) in [7, 11) is 0. The van der Waals surface area contributed by atoms with Gasteiger partial charge in [-0.25, -0.2) is 4.39 Å². The molecule has 0 bridgehead atoms. The summed E-state index contributed by atoms with van der Waals surface area (Å²) in [4.78, 5) is 5.10. The fourth-order valence-corrected chi connectivity index (χ4v) is 3.88. The van der Waals surface area contributed by atoms with Crippen molar-refractivity contribution in [3.05, 3.63) is 29.6 Å². The van der Waals surface area contributed by atoms with Crippen molar-refractivity contribution in [2.45, 2.75) is 44.7 Å². The lowest BCUT2D eigenvalue weighted by molar-refractivity contribution is 0.115. The molecule has 3 rings (SSSR count). The molecule has 2 N–H and O–H groups in total. The molecular formula is C17H26FN3. The number of benzene rings is 1. The largest absolute Gasteiger partial charge is 0.366 e. The number of halogens is 1. The molecule has 2 heterocycles. The fraction of sp³-hybridized carbons (Fsp3) is 0.647. The maximum atomic E-state index is 13.5. The lowest BCUT2D eigenvalue weighted by atomic mass is 9.95. The van der Waals surface area contributed by atoms with Gasteiger partial charge in [-0.15, -0.1) is 0 Å². The average Bonchev–Trinajstić information content (AvgIpc) is 2.47. The zero-order valence-corrected chi connectivity index (χ0v) is 12.9. The second kappa shape index (κ2) is 6.32. The molecule has 2 atom stereocenters. The minimum atomic E-state index is -0.161. The summed E-state index contributed by atoms with van der Waals surface area (Å²) in [6.07, 6.45) is 4.70. The van der Waals surface area contributed by atoms with Gasteiger partial charge in [0.1, 0.15) is 5.82 Å². The maximum Gasteiger partial charge on any atom is 0.123 e. The third kappa shape index (κ3) is 3.06. The Kier molecular flexibility index (Phi) is 4.45. The second-order valence-corrected chi connectivity index (χ2v) is 6.46. The minimum absolute atomic E-state index is 0.161. The average molecular weight is 291 g/mol. The molecule has 2 fully saturated rings. The van der Waals surface area contributed by atoms with Gasteiger partial charge in [-0.3, -0.25) is 4.90 Å². The van der Waals surface area contributed by atoms with E-state index in [0.717, 1.165) is 25.1 Å². The SMILES string of the molecule is CC1CN2CCCCC2CN1c1ccc(F)cc1CCN. The van der Waals surface area contributed by atoms with Crippen LogP contribution < -0.4 is 10.6 Å². The summed E-state index contributed by atoms with van der Waals surface area (Å²) in [6, 6.07) is 6.30. The summed E-state index contributed by atoms with van der Waals surface area (Å²) in [5.74, 6) is -0.161. The van der Waals surface area contributed by atoms with Crippen LogP contribution in [0.25, 0.3) is 0 Å². The summed E-state index contributed by atoms with van der Waals surface area (Å²) in [5, 5.41) is 0. The van der Waals surface area contributed by atoms with Gasteiger partial charge in [-0.1, -0.05) is 6.42 Å². The van der Waals surface area contributed by atoms with Gasteiger partial charge in [0.2, 0.25) is 0 Å². The summed E-state index contributed by atoms with van der Waals surface area (Å²) >= 11 is 0. The van der Waals surface area contributed by atoms with Gasteiger partial charge < -0.3 is 10.6 Å². The molecule has 0 saturated carbocycles. The van der Waals surface area contributed by atoms with Crippen LogP contribution in [0.2, 0.25) is 0 Å². The van der Waals surface area contributed by atoms with Crippen LogP contribution in [0.3, 0.4) is 0 Å². The topological polar surface area (TPSA) is 32.5 Å². The molecule has 3 nitrogen and oxygen atoms in total. The zero-order valence-electron chi connectivity index (χ0n) is 12.9. The van der Waals surface area contributed by atoms with E-state index < -0.39 is 0 Å². The number of piperidine rings is 1. The molecule has 0 aliphatic carbocycles. The van der Waals surface area contributed by atoms with Crippen molar-refractivity contribution in [3.63, 3.8) is 0 Å². The highest BCUT2D eigenvalue weighted by molar-refractivity contribution is 5.55. The lowest BCUT2D eigenvalue weighted by Gasteiger charge is -2.49. The van der Waals surface area contributed by atoms with Crippen LogP contribution in [0.15, 0.2) is 18.2 Å². The quantitative estimate of drug-likeness (QED) is 0.928. The number of hydrogen-bond donors (Lipinski definition) is 1. The van der Waals surface area contributed by atoms with Crippen molar-refractivity contribution in [1.29, 1.82) is 0 Å². The predicted molar refractivity (Wildman–Crippen MR) is 85.2 cm³/mol. The van der Waals surface area contributed by atoms with Gasteiger partial charge in [0, 0.05) is 30.9 Å². The maximum absolute atomic E-state index is 13.5. The van der Waals surface area contributed by atoms with Gasteiger partial charge in [-0.05, 0) is 63.0 Å². The van der Waals surface area contributed by atoms with Crippen molar-refractivity contribution in [1.82, 2.24) is 4.90 Å². The van der Waals surface area contributed by atoms with Crippen LogP contribution in [-0.2, 0) is 6.42 Å². The first-order chi connectivity index (χ1) is 10.2. The first-order valence-electron chi connectivity index (χ1n) is 8.18. The van der Waals surface area contributed by atoms with E-state index in [4.69, 9.17) is 5.73 Å². The highest BCUT2D eigenvalue weighted by atomic mass is 19.1. The number of hydrogen-bond acceptors (Lipinski definition) is 3. The van der Waals surface area contributed by atoms with Gasteiger partial charge in [0.05, 0.1) is 0 Å². The summed E-state index contributed by atoms with van der Waals surface area (Å²) in [6.45, 7) is 6.25. The first-order valence-corrected chi connectivity index (χ1v) is 8.18. The Bertz CT molecular complexity index is 491. The lowest BCUT2D eigenvalue weighted by Crippen LogP contribution is -2.59. The highest BCUT2D eigenvalue weighted by Gasteiger charge is 2.33. The molecule has 1 aromatic carbocycles. The molecule has 0 spiro atoms. The van der Waals surface area contributed by atoms with E-state index in [0.29, 0.717) is 18.6 Å². The number of anilines is 1. The first kappa shape index (κ1) is 14.8. The Balaban J connectivity index is 1.85. The van der Waals surface area contributed by atoms with Crippen LogP contribution in [0.4, 0.5) is 10.1 Å². The van der Waals surface area contributed by atoms with Gasteiger partial charge in [-0.2, -0.15) is 0 Å². The molecule has 2 saturated heterocycles. The van der Waals surface area contributed by atoms with Crippen molar-refractivity contribution in [3.8, 4) is 0 Å². The van der Waals surface area contributed by atoms with Gasteiger partial charge in [0.25, 0.3) is 0 Å². The highest BCUT2D eigenvalue weighted by Crippen LogP contribution is 2.30. The Morgan fingerprint density at radius 2 is 2.14 bits per heavy atom. The molecule has 116 valence electrons. The van der Waals surface area contributed by atoms with Crippen LogP contribution in [0, 0.1) is 5.82 Å². The smallest absolute Gasteiger partial charge is 0.123 e. The van der Waals surface area contributed by atoms with Gasteiger partial charge in [0.15, 0.2) is 0 Å². The predicted octanol–water partition coefficient (Wildman–Crippen LogP) is 2.39. The molecule has 2 unspecified atom stereocenters. The van der Waals surface area contributed by atoms with Crippen molar-refractivity contribution in [2.75, 3.05) is 31.1 Å². The normalized spacial score (nSPS) is 26.7. The Labute approximate surface area is 126 Å². The number of nitrogens with zero attached hydrogens (tertiary/aromatic N) is 2. The summed E-state index contributed by atoms with van der Waals surface area (Å²) in [5.41, 5.74) is 7.93. The molecule has 0 aromatic heterocycles. The number of rotatable bonds is 3. The van der Waals surface area contributed by atoms with Gasteiger partial charge >= 0.3 is 0 Å². The molecule has 2 aliphatic heterocycles. The number of piperazine rings is 1. The summed E-state index contributed by atoms with van der Waals surface area (Å²) < 4.78 is 13.5. The molecular weight excluding hydrogens is 265 g/mol.